The number of carbonyl (C=O) groups excluding carboxylic acids is 2. The second-order valence-electron chi connectivity index (χ2n) is 11.9. The molecule has 1 unspecified atom stereocenters. The molecule has 0 aromatic heterocycles. The Labute approximate surface area is 259 Å². The molecule has 240 valence electrons. The SMILES string of the molecule is C=C1CN(Cc2c(F)cccc2OC(C2CC2)C(F)(F)F)C[C@H](C(=O)NCc2ccc(C3=NCC=CN3)cc2)N1C(=O)C(C)C. The predicted octanol–water partition coefficient (Wildman–Crippen LogP) is 4.91. The van der Waals surface area contributed by atoms with Crippen LogP contribution in [0.5, 0.6) is 5.75 Å². The van der Waals surface area contributed by atoms with Gasteiger partial charge in [-0.05, 0) is 36.6 Å². The van der Waals surface area contributed by atoms with Crippen LogP contribution in [0.15, 0.2) is 72.0 Å². The van der Waals surface area contributed by atoms with Gasteiger partial charge in [0.2, 0.25) is 11.8 Å². The van der Waals surface area contributed by atoms with Crippen LogP contribution in [0.4, 0.5) is 17.6 Å². The van der Waals surface area contributed by atoms with Crippen LogP contribution in [0.1, 0.15) is 43.4 Å². The van der Waals surface area contributed by atoms with Gasteiger partial charge < -0.3 is 20.3 Å². The van der Waals surface area contributed by atoms with Gasteiger partial charge in [-0.25, -0.2) is 4.39 Å². The summed E-state index contributed by atoms with van der Waals surface area (Å²) in [6.45, 7) is 8.25. The number of amidine groups is 1. The number of ether oxygens (including phenoxy) is 1. The van der Waals surface area contributed by atoms with Crippen LogP contribution < -0.4 is 15.4 Å². The Bertz CT molecular complexity index is 1480. The Morgan fingerprint density at radius 3 is 2.51 bits per heavy atom. The number of aliphatic imine (C=N–C) groups is 1. The minimum absolute atomic E-state index is 0.0142. The lowest BCUT2D eigenvalue weighted by Crippen LogP contribution is -2.59. The van der Waals surface area contributed by atoms with Crippen molar-refractivity contribution in [3.05, 3.63) is 89.5 Å². The maximum atomic E-state index is 15.1. The van der Waals surface area contributed by atoms with Gasteiger partial charge in [-0.15, -0.1) is 0 Å². The third-order valence-electron chi connectivity index (χ3n) is 7.99. The topological polar surface area (TPSA) is 86.3 Å². The molecule has 2 amide bonds. The lowest BCUT2D eigenvalue weighted by atomic mass is 10.0. The summed E-state index contributed by atoms with van der Waals surface area (Å²) in [6, 6.07) is 10.4. The highest BCUT2D eigenvalue weighted by atomic mass is 19.4. The highest BCUT2D eigenvalue weighted by Crippen LogP contribution is 2.43. The van der Waals surface area contributed by atoms with Crippen molar-refractivity contribution in [2.24, 2.45) is 16.8 Å². The van der Waals surface area contributed by atoms with E-state index in [1.165, 1.54) is 23.1 Å². The minimum atomic E-state index is -4.59. The summed E-state index contributed by atoms with van der Waals surface area (Å²) in [6.07, 6.45) is -2.09. The molecule has 2 aromatic carbocycles. The highest BCUT2D eigenvalue weighted by Gasteiger charge is 2.51. The zero-order valence-corrected chi connectivity index (χ0v) is 25.2. The second-order valence-corrected chi connectivity index (χ2v) is 11.9. The van der Waals surface area contributed by atoms with Crippen LogP contribution in [0.2, 0.25) is 0 Å². The van der Waals surface area contributed by atoms with Gasteiger partial charge in [0.1, 0.15) is 23.4 Å². The maximum absolute atomic E-state index is 15.1. The number of hydrogen-bond donors (Lipinski definition) is 2. The van der Waals surface area contributed by atoms with Crippen molar-refractivity contribution in [3.8, 4) is 5.75 Å². The first-order valence-corrected chi connectivity index (χ1v) is 15.0. The molecule has 8 nitrogen and oxygen atoms in total. The summed E-state index contributed by atoms with van der Waals surface area (Å²) in [5, 5.41) is 6.00. The number of nitrogens with zero attached hydrogens (tertiary/aromatic N) is 3. The van der Waals surface area contributed by atoms with E-state index in [2.05, 4.69) is 22.2 Å². The van der Waals surface area contributed by atoms with Gasteiger partial charge in [0.15, 0.2) is 6.10 Å². The van der Waals surface area contributed by atoms with Gasteiger partial charge in [-0.2, -0.15) is 13.2 Å². The lowest BCUT2D eigenvalue weighted by Gasteiger charge is -2.42. The summed E-state index contributed by atoms with van der Waals surface area (Å²) < 4.78 is 61.7. The molecule has 0 radical (unpaired) electrons. The van der Waals surface area contributed by atoms with Crippen molar-refractivity contribution in [1.29, 1.82) is 0 Å². The quantitative estimate of drug-likeness (QED) is 0.366. The Morgan fingerprint density at radius 1 is 1.16 bits per heavy atom. The van der Waals surface area contributed by atoms with Crippen LogP contribution in [-0.4, -0.2) is 65.4 Å². The second kappa shape index (κ2) is 13.4. The number of carbonyl (C=O) groups is 2. The van der Waals surface area contributed by atoms with Crippen LogP contribution >= 0.6 is 0 Å². The molecule has 0 bridgehead atoms. The predicted molar refractivity (Wildman–Crippen MR) is 161 cm³/mol. The molecule has 0 spiro atoms. The van der Waals surface area contributed by atoms with E-state index in [9.17, 15) is 22.8 Å². The highest BCUT2D eigenvalue weighted by molar-refractivity contribution is 5.99. The van der Waals surface area contributed by atoms with Gasteiger partial charge in [0.25, 0.3) is 0 Å². The molecule has 12 heteroatoms. The van der Waals surface area contributed by atoms with Gasteiger partial charge in [-0.1, -0.05) is 50.8 Å². The van der Waals surface area contributed by atoms with E-state index >= 15 is 4.39 Å². The summed E-state index contributed by atoms with van der Waals surface area (Å²) in [7, 11) is 0. The summed E-state index contributed by atoms with van der Waals surface area (Å²) in [5.74, 6) is -1.96. The van der Waals surface area contributed by atoms with Crippen molar-refractivity contribution < 1.29 is 31.9 Å². The molecular weight excluding hydrogens is 590 g/mol. The molecule has 2 aliphatic heterocycles. The lowest BCUT2D eigenvalue weighted by molar-refractivity contribution is -0.201. The van der Waals surface area contributed by atoms with Crippen molar-refractivity contribution in [1.82, 2.24) is 20.4 Å². The first kappa shape index (κ1) is 32.2. The molecule has 2 atom stereocenters. The van der Waals surface area contributed by atoms with E-state index in [-0.39, 0.29) is 43.4 Å². The smallest absolute Gasteiger partial charge is 0.425 e. The number of piperazine rings is 1. The van der Waals surface area contributed by atoms with Crippen molar-refractivity contribution in [3.63, 3.8) is 0 Å². The maximum Gasteiger partial charge on any atom is 0.425 e. The average Bonchev–Trinajstić information content (AvgIpc) is 3.85. The molecule has 2 fully saturated rings. The van der Waals surface area contributed by atoms with Crippen molar-refractivity contribution in [2.75, 3.05) is 19.6 Å². The molecule has 1 aliphatic carbocycles. The van der Waals surface area contributed by atoms with Crippen LogP contribution in [0.25, 0.3) is 0 Å². The van der Waals surface area contributed by atoms with E-state index in [1.807, 2.05) is 36.5 Å². The zero-order valence-electron chi connectivity index (χ0n) is 25.2. The molecule has 45 heavy (non-hydrogen) atoms. The van der Waals surface area contributed by atoms with E-state index in [4.69, 9.17) is 4.74 Å². The molecule has 2 N–H and O–H groups in total. The molecule has 2 heterocycles. The van der Waals surface area contributed by atoms with Gasteiger partial charge in [0.05, 0.1) is 6.54 Å². The fourth-order valence-electron chi connectivity index (χ4n) is 5.49. The fraction of sp³-hybridized carbons (Fsp3) is 0.424. The van der Waals surface area contributed by atoms with Gasteiger partial charge >= 0.3 is 6.18 Å². The van der Waals surface area contributed by atoms with Crippen molar-refractivity contribution in [2.45, 2.75) is 58.1 Å². The number of halogens is 4. The number of rotatable bonds is 10. The molecule has 5 rings (SSSR count). The third kappa shape index (κ3) is 7.73. The molecular formula is C33H37F4N5O3. The first-order chi connectivity index (χ1) is 21.4. The van der Waals surface area contributed by atoms with E-state index in [0.717, 1.165) is 17.0 Å². The molecule has 3 aliphatic rings. The molecule has 1 saturated carbocycles. The summed E-state index contributed by atoms with van der Waals surface area (Å²) in [5.41, 5.74) is 2.02. The van der Waals surface area contributed by atoms with Crippen molar-refractivity contribution >= 4 is 17.6 Å². The van der Waals surface area contributed by atoms with E-state index < -0.39 is 41.9 Å². The third-order valence-corrected chi connectivity index (χ3v) is 7.99. The van der Waals surface area contributed by atoms with Gasteiger partial charge in [0, 0.05) is 61.0 Å². The normalized spacial score (nSPS) is 19.6. The Balaban J connectivity index is 1.31. The van der Waals surface area contributed by atoms with Crippen LogP contribution in [-0.2, 0) is 22.7 Å². The number of alkyl halides is 3. The number of benzene rings is 2. The minimum Gasteiger partial charge on any atom is -0.480 e. The number of hydrogen-bond acceptors (Lipinski definition) is 6. The Kier molecular flexibility index (Phi) is 9.62. The molecule has 1 saturated heterocycles. The van der Waals surface area contributed by atoms with E-state index in [0.29, 0.717) is 25.1 Å². The van der Waals surface area contributed by atoms with E-state index in [1.54, 1.807) is 18.7 Å². The first-order valence-electron chi connectivity index (χ1n) is 15.0. The Morgan fingerprint density at radius 2 is 1.89 bits per heavy atom. The van der Waals surface area contributed by atoms with Crippen LogP contribution in [0, 0.1) is 17.7 Å². The largest absolute Gasteiger partial charge is 0.480 e. The standard InChI is InChI=1S/C33H37F4N5O3/c1-20(2)32(44)42-21(3)17-41(18-25-26(34)6-4-7-28(25)45-29(23-12-13-23)33(35,36)37)19-27(42)31(43)40-16-22-8-10-24(11-9-22)30-38-14-5-15-39-30/h4-11,14,20,23,27,29H,3,12-13,15-19H2,1-2H3,(H,38,39)(H,40,43)/t27-,29?/m1/s1. The number of amides is 2. The fourth-order valence-corrected chi connectivity index (χ4v) is 5.49. The summed E-state index contributed by atoms with van der Waals surface area (Å²) in [4.78, 5) is 34.3. The molecule has 2 aromatic rings. The van der Waals surface area contributed by atoms with Crippen LogP contribution in [0.3, 0.4) is 0 Å². The number of nitrogens with one attached hydrogen (secondary N) is 2. The van der Waals surface area contributed by atoms with Gasteiger partial charge in [-0.3, -0.25) is 19.5 Å². The zero-order chi connectivity index (χ0) is 32.3. The monoisotopic (exact) mass is 627 g/mol. The summed E-state index contributed by atoms with van der Waals surface area (Å²) >= 11 is 0. The Hall–Kier alpha value is -4.19. The average molecular weight is 628 g/mol.